The molecule has 2 heterocycles. The van der Waals surface area contributed by atoms with E-state index < -0.39 is 5.97 Å². The Morgan fingerprint density at radius 2 is 1.72 bits per heavy atom. The Balaban J connectivity index is 1.67. The zero-order valence-electron chi connectivity index (χ0n) is 18.1. The molecule has 0 aliphatic rings. The average molecular weight is 446 g/mol. The molecular formula is C26H23NO4S. The van der Waals surface area contributed by atoms with Gasteiger partial charge in [0.25, 0.3) is 5.91 Å². The number of amides is 1. The fourth-order valence-electron chi connectivity index (χ4n) is 3.42. The van der Waals surface area contributed by atoms with Crippen molar-refractivity contribution in [3.05, 3.63) is 88.5 Å². The van der Waals surface area contributed by atoms with Gasteiger partial charge in [0.15, 0.2) is 0 Å². The van der Waals surface area contributed by atoms with Gasteiger partial charge in [0.1, 0.15) is 22.1 Å². The maximum Gasteiger partial charge on any atom is 0.341 e. The Morgan fingerprint density at radius 3 is 2.41 bits per heavy atom. The van der Waals surface area contributed by atoms with Crippen molar-refractivity contribution >= 4 is 28.2 Å². The average Bonchev–Trinajstić information content (AvgIpc) is 3.39. The second-order valence-corrected chi connectivity index (χ2v) is 8.22. The van der Waals surface area contributed by atoms with Gasteiger partial charge in [-0.3, -0.25) is 4.79 Å². The molecule has 1 amide bonds. The summed E-state index contributed by atoms with van der Waals surface area (Å²) < 4.78 is 11.1. The van der Waals surface area contributed by atoms with Gasteiger partial charge in [-0.05, 0) is 32.4 Å². The van der Waals surface area contributed by atoms with Crippen molar-refractivity contribution in [2.75, 3.05) is 11.9 Å². The highest BCUT2D eigenvalue weighted by Crippen LogP contribution is 2.37. The number of hydrogen-bond donors (Lipinski definition) is 1. The lowest BCUT2D eigenvalue weighted by Gasteiger charge is -2.09. The molecule has 2 aromatic carbocycles. The first-order valence-electron chi connectivity index (χ1n) is 10.3. The Kier molecular flexibility index (Phi) is 6.23. The van der Waals surface area contributed by atoms with Crippen LogP contribution in [0.2, 0.25) is 0 Å². The number of ether oxygens (including phenoxy) is 1. The van der Waals surface area contributed by atoms with E-state index in [0.29, 0.717) is 27.6 Å². The van der Waals surface area contributed by atoms with Crippen LogP contribution in [0.4, 0.5) is 5.00 Å². The zero-order valence-corrected chi connectivity index (χ0v) is 18.9. The van der Waals surface area contributed by atoms with Crippen LogP contribution in [0.15, 0.2) is 70.5 Å². The first-order chi connectivity index (χ1) is 15.5. The minimum atomic E-state index is -0.464. The third-order valence-corrected chi connectivity index (χ3v) is 5.98. The number of rotatable bonds is 6. The number of aryl methyl sites for hydroxylation is 2. The van der Waals surface area contributed by atoms with Gasteiger partial charge in [-0.2, -0.15) is 0 Å². The maximum atomic E-state index is 13.1. The molecule has 4 aromatic rings. The van der Waals surface area contributed by atoms with E-state index in [-0.39, 0.29) is 12.5 Å². The molecule has 162 valence electrons. The van der Waals surface area contributed by atoms with Crippen LogP contribution in [0, 0.1) is 13.8 Å². The molecule has 0 fully saturated rings. The van der Waals surface area contributed by atoms with Crippen molar-refractivity contribution in [1.82, 2.24) is 0 Å². The molecule has 1 N–H and O–H groups in total. The van der Waals surface area contributed by atoms with Gasteiger partial charge in [0.2, 0.25) is 0 Å². The molecule has 0 bridgehead atoms. The molecule has 0 saturated carbocycles. The largest absolute Gasteiger partial charge is 0.462 e. The normalized spacial score (nSPS) is 10.7. The molecule has 2 aromatic heterocycles. The SMILES string of the molecule is CCOC(=O)c1c(-c2ccc(C)cc2)csc1NC(=O)c1cc(-c2ccccc2)oc1C. The minimum Gasteiger partial charge on any atom is -0.462 e. The van der Waals surface area contributed by atoms with Gasteiger partial charge in [-0.1, -0.05) is 60.2 Å². The summed E-state index contributed by atoms with van der Waals surface area (Å²) in [6, 6.07) is 19.2. The Labute approximate surface area is 190 Å². The lowest BCUT2D eigenvalue weighted by Crippen LogP contribution is -2.15. The summed E-state index contributed by atoms with van der Waals surface area (Å²) in [6.07, 6.45) is 0. The zero-order chi connectivity index (χ0) is 22.7. The molecule has 6 heteroatoms. The number of carbonyl (C=O) groups is 2. The van der Waals surface area contributed by atoms with E-state index in [1.165, 1.54) is 11.3 Å². The van der Waals surface area contributed by atoms with Crippen LogP contribution in [0.5, 0.6) is 0 Å². The van der Waals surface area contributed by atoms with E-state index in [9.17, 15) is 9.59 Å². The fourth-order valence-corrected chi connectivity index (χ4v) is 4.38. The number of thiophene rings is 1. The first-order valence-corrected chi connectivity index (χ1v) is 11.2. The Hall–Kier alpha value is -3.64. The molecule has 32 heavy (non-hydrogen) atoms. The van der Waals surface area contributed by atoms with Crippen molar-refractivity contribution in [2.45, 2.75) is 20.8 Å². The second-order valence-electron chi connectivity index (χ2n) is 7.34. The van der Waals surface area contributed by atoms with Gasteiger partial charge in [-0.25, -0.2) is 4.79 Å². The van der Waals surface area contributed by atoms with Crippen molar-refractivity contribution in [1.29, 1.82) is 0 Å². The summed E-state index contributed by atoms with van der Waals surface area (Å²) in [5.74, 6) is 0.324. The van der Waals surface area contributed by atoms with E-state index in [4.69, 9.17) is 9.15 Å². The smallest absolute Gasteiger partial charge is 0.341 e. The lowest BCUT2D eigenvalue weighted by atomic mass is 10.0. The van der Waals surface area contributed by atoms with Crippen molar-refractivity contribution < 1.29 is 18.7 Å². The maximum absolute atomic E-state index is 13.1. The van der Waals surface area contributed by atoms with Crippen molar-refractivity contribution in [3.63, 3.8) is 0 Å². The van der Waals surface area contributed by atoms with Gasteiger partial charge in [-0.15, -0.1) is 11.3 Å². The molecule has 0 aliphatic heterocycles. The topological polar surface area (TPSA) is 68.5 Å². The summed E-state index contributed by atoms with van der Waals surface area (Å²) in [7, 11) is 0. The Morgan fingerprint density at radius 1 is 1.00 bits per heavy atom. The molecule has 4 rings (SSSR count). The van der Waals surface area contributed by atoms with Crippen LogP contribution < -0.4 is 5.32 Å². The van der Waals surface area contributed by atoms with Crippen molar-refractivity contribution in [2.24, 2.45) is 0 Å². The van der Waals surface area contributed by atoms with Crippen LogP contribution in [0.3, 0.4) is 0 Å². The third-order valence-electron chi connectivity index (χ3n) is 5.08. The van der Waals surface area contributed by atoms with E-state index in [0.717, 1.165) is 22.3 Å². The second kappa shape index (κ2) is 9.24. The number of esters is 1. The van der Waals surface area contributed by atoms with Gasteiger partial charge < -0.3 is 14.5 Å². The highest BCUT2D eigenvalue weighted by Gasteiger charge is 2.24. The standard InChI is InChI=1S/C26H23NO4S/c1-4-30-26(29)23-21(18-12-10-16(2)11-13-18)15-32-25(23)27-24(28)20-14-22(31-17(20)3)19-8-6-5-7-9-19/h5-15H,4H2,1-3H3,(H,27,28). The predicted molar refractivity (Wildman–Crippen MR) is 127 cm³/mol. The molecule has 0 aliphatic carbocycles. The van der Waals surface area contributed by atoms with Crippen LogP contribution >= 0.6 is 11.3 Å². The summed E-state index contributed by atoms with van der Waals surface area (Å²) >= 11 is 1.30. The molecule has 0 spiro atoms. The molecular weight excluding hydrogens is 422 g/mol. The lowest BCUT2D eigenvalue weighted by molar-refractivity contribution is 0.0529. The number of hydrogen-bond acceptors (Lipinski definition) is 5. The summed E-state index contributed by atoms with van der Waals surface area (Å²) in [5.41, 5.74) is 4.42. The number of furan rings is 1. The monoisotopic (exact) mass is 445 g/mol. The number of nitrogens with one attached hydrogen (secondary N) is 1. The van der Waals surface area contributed by atoms with E-state index in [1.807, 2.05) is 66.9 Å². The molecule has 5 nitrogen and oxygen atoms in total. The highest BCUT2D eigenvalue weighted by molar-refractivity contribution is 7.15. The van der Waals surface area contributed by atoms with Crippen LogP contribution in [0.1, 0.15) is 39.0 Å². The van der Waals surface area contributed by atoms with Gasteiger partial charge >= 0.3 is 5.97 Å². The van der Waals surface area contributed by atoms with Crippen LogP contribution in [-0.2, 0) is 4.74 Å². The van der Waals surface area contributed by atoms with Crippen LogP contribution in [0.25, 0.3) is 22.5 Å². The third kappa shape index (κ3) is 4.36. The van der Waals surface area contributed by atoms with E-state index >= 15 is 0 Å². The predicted octanol–water partition coefficient (Wildman–Crippen LogP) is 6.72. The first kappa shape index (κ1) is 21.6. The number of benzene rings is 2. The molecule has 0 saturated heterocycles. The summed E-state index contributed by atoms with van der Waals surface area (Å²) in [5, 5.41) is 5.21. The molecule has 0 unspecified atom stereocenters. The minimum absolute atomic E-state index is 0.247. The molecule has 0 atom stereocenters. The quantitative estimate of drug-likeness (QED) is 0.335. The fraction of sp³-hybridized carbons (Fsp3) is 0.154. The summed E-state index contributed by atoms with van der Waals surface area (Å²) in [4.78, 5) is 25.9. The van der Waals surface area contributed by atoms with Gasteiger partial charge in [0.05, 0.1) is 12.2 Å². The Bertz CT molecular complexity index is 1250. The summed E-state index contributed by atoms with van der Waals surface area (Å²) in [6.45, 7) is 5.76. The van der Waals surface area contributed by atoms with Crippen molar-refractivity contribution in [3.8, 4) is 22.5 Å². The highest BCUT2D eigenvalue weighted by atomic mass is 32.1. The van der Waals surface area contributed by atoms with E-state index in [2.05, 4.69) is 5.32 Å². The number of anilines is 1. The van der Waals surface area contributed by atoms with E-state index in [1.54, 1.807) is 19.9 Å². The van der Waals surface area contributed by atoms with Gasteiger partial charge in [0, 0.05) is 16.5 Å². The van der Waals surface area contributed by atoms with Crippen LogP contribution in [-0.4, -0.2) is 18.5 Å². The number of carbonyl (C=O) groups excluding carboxylic acids is 2. The molecule has 0 radical (unpaired) electrons.